The van der Waals surface area contributed by atoms with Crippen LogP contribution in [-0.2, 0) is 10.0 Å². The van der Waals surface area contributed by atoms with Gasteiger partial charge >= 0.3 is 0 Å². The Morgan fingerprint density at radius 1 is 0.933 bits per heavy atom. The first-order chi connectivity index (χ1) is 14.4. The predicted octanol–water partition coefficient (Wildman–Crippen LogP) is 4.19. The van der Waals surface area contributed by atoms with Crippen molar-refractivity contribution >= 4 is 39.1 Å². The standard InChI is InChI=1S/C21H18N2O5S2/c1-29-17-6-3-5-15(11-17)22-21(24)14-4-2-7-18(10-14)30(25,26)23-16-8-9-19-20(12-16)28-13-27-19/h2-12,23H,13H2,1H3,(H,22,24). The highest BCUT2D eigenvalue weighted by molar-refractivity contribution is 7.98. The minimum absolute atomic E-state index is 0.0225. The van der Waals surface area contributed by atoms with Gasteiger partial charge in [-0.3, -0.25) is 9.52 Å². The van der Waals surface area contributed by atoms with E-state index >= 15 is 0 Å². The number of benzene rings is 3. The van der Waals surface area contributed by atoms with Crippen LogP contribution in [0, 0.1) is 0 Å². The molecule has 1 heterocycles. The second-order valence-corrected chi connectivity index (χ2v) is 8.95. The first kappa shape index (κ1) is 20.1. The van der Waals surface area contributed by atoms with E-state index in [1.165, 1.54) is 18.2 Å². The molecule has 1 aliphatic heterocycles. The second kappa shape index (κ2) is 8.29. The molecule has 0 bridgehead atoms. The summed E-state index contributed by atoms with van der Waals surface area (Å²) in [5.41, 5.74) is 1.21. The average Bonchev–Trinajstić information content (AvgIpc) is 3.21. The summed E-state index contributed by atoms with van der Waals surface area (Å²) in [5.74, 6) is 0.631. The van der Waals surface area contributed by atoms with Crippen LogP contribution >= 0.6 is 11.8 Å². The molecule has 2 N–H and O–H groups in total. The molecule has 1 aliphatic rings. The highest BCUT2D eigenvalue weighted by Gasteiger charge is 2.19. The summed E-state index contributed by atoms with van der Waals surface area (Å²) in [4.78, 5) is 13.6. The lowest BCUT2D eigenvalue weighted by Crippen LogP contribution is -2.16. The normalized spacial score (nSPS) is 12.4. The van der Waals surface area contributed by atoms with Gasteiger partial charge in [-0.25, -0.2) is 8.42 Å². The largest absolute Gasteiger partial charge is 0.454 e. The number of ether oxygens (including phenoxy) is 2. The number of nitrogens with one attached hydrogen (secondary N) is 2. The summed E-state index contributed by atoms with van der Waals surface area (Å²) < 4.78 is 38.6. The Hall–Kier alpha value is -3.17. The molecule has 0 saturated heterocycles. The van der Waals surface area contributed by atoms with Gasteiger partial charge in [-0.05, 0) is 54.8 Å². The number of anilines is 2. The molecule has 4 rings (SSSR count). The molecule has 30 heavy (non-hydrogen) atoms. The quantitative estimate of drug-likeness (QED) is 0.556. The van der Waals surface area contributed by atoms with E-state index in [-0.39, 0.29) is 17.3 Å². The minimum Gasteiger partial charge on any atom is -0.454 e. The van der Waals surface area contributed by atoms with Crippen LogP contribution in [0.5, 0.6) is 11.5 Å². The van der Waals surface area contributed by atoms with Crippen molar-refractivity contribution in [2.24, 2.45) is 0 Å². The van der Waals surface area contributed by atoms with E-state index in [9.17, 15) is 13.2 Å². The fraction of sp³-hybridized carbons (Fsp3) is 0.0952. The molecular weight excluding hydrogens is 424 g/mol. The molecule has 0 atom stereocenters. The van der Waals surface area contributed by atoms with Gasteiger partial charge in [0.15, 0.2) is 11.5 Å². The Bertz CT molecular complexity index is 1210. The lowest BCUT2D eigenvalue weighted by molar-refractivity contribution is 0.102. The summed E-state index contributed by atoms with van der Waals surface area (Å²) in [6.45, 7) is 0.0997. The summed E-state index contributed by atoms with van der Waals surface area (Å²) in [7, 11) is -3.90. The topological polar surface area (TPSA) is 93.7 Å². The van der Waals surface area contributed by atoms with Crippen molar-refractivity contribution in [1.29, 1.82) is 0 Å². The van der Waals surface area contributed by atoms with Gasteiger partial charge in [0.05, 0.1) is 10.6 Å². The second-order valence-electron chi connectivity index (χ2n) is 6.39. The number of sulfonamides is 1. The number of hydrogen-bond acceptors (Lipinski definition) is 6. The number of amides is 1. The van der Waals surface area contributed by atoms with Gasteiger partial charge in [-0.15, -0.1) is 11.8 Å². The van der Waals surface area contributed by atoms with Crippen molar-refractivity contribution in [2.45, 2.75) is 9.79 Å². The number of carbonyl (C=O) groups excluding carboxylic acids is 1. The van der Waals surface area contributed by atoms with Crippen LogP contribution in [0.15, 0.2) is 76.5 Å². The molecule has 0 saturated carbocycles. The van der Waals surface area contributed by atoms with Crippen LogP contribution in [0.2, 0.25) is 0 Å². The fourth-order valence-corrected chi connectivity index (χ4v) is 4.44. The maximum absolute atomic E-state index is 12.8. The van der Waals surface area contributed by atoms with E-state index < -0.39 is 15.9 Å². The van der Waals surface area contributed by atoms with Crippen LogP contribution in [0.4, 0.5) is 11.4 Å². The van der Waals surface area contributed by atoms with Gasteiger partial charge in [-0.1, -0.05) is 12.1 Å². The average molecular weight is 443 g/mol. The first-order valence-corrected chi connectivity index (χ1v) is 11.6. The lowest BCUT2D eigenvalue weighted by Gasteiger charge is -2.11. The van der Waals surface area contributed by atoms with Crippen molar-refractivity contribution in [3.8, 4) is 11.5 Å². The summed E-state index contributed by atoms with van der Waals surface area (Å²) in [6, 6.07) is 18.0. The zero-order valence-corrected chi connectivity index (χ0v) is 17.5. The van der Waals surface area contributed by atoms with Crippen LogP contribution in [0.1, 0.15) is 10.4 Å². The molecular formula is C21H18N2O5S2. The zero-order valence-electron chi connectivity index (χ0n) is 15.9. The SMILES string of the molecule is CSc1cccc(NC(=O)c2cccc(S(=O)(=O)Nc3ccc4c(c3)OCO4)c2)c1. The van der Waals surface area contributed by atoms with Gasteiger partial charge < -0.3 is 14.8 Å². The number of thioether (sulfide) groups is 1. The molecule has 0 aromatic heterocycles. The maximum atomic E-state index is 12.8. The summed E-state index contributed by atoms with van der Waals surface area (Å²) >= 11 is 1.56. The van der Waals surface area contributed by atoms with E-state index in [1.807, 2.05) is 24.5 Å². The van der Waals surface area contributed by atoms with Crippen molar-refractivity contribution in [1.82, 2.24) is 0 Å². The number of rotatable bonds is 6. The predicted molar refractivity (Wildman–Crippen MR) is 116 cm³/mol. The van der Waals surface area contributed by atoms with Crippen LogP contribution in [0.3, 0.4) is 0 Å². The monoisotopic (exact) mass is 442 g/mol. The van der Waals surface area contributed by atoms with Gasteiger partial charge in [-0.2, -0.15) is 0 Å². The van der Waals surface area contributed by atoms with E-state index in [1.54, 1.807) is 42.1 Å². The zero-order chi connectivity index (χ0) is 21.1. The lowest BCUT2D eigenvalue weighted by atomic mass is 10.2. The molecule has 0 radical (unpaired) electrons. The number of fused-ring (bicyclic) bond motifs is 1. The molecule has 3 aromatic rings. The fourth-order valence-electron chi connectivity index (χ4n) is 2.88. The highest BCUT2D eigenvalue weighted by atomic mass is 32.2. The van der Waals surface area contributed by atoms with Gasteiger partial charge in [0.2, 0.25) is 6.79 Å². The molecule has 0 unspecified atom stereocenters. The molecule has 0 aliphatic carbocycles. The van der Waals surface area contributed by atoms with Crippen molar-refractivity contribution in [3.05, 3.63) is 72.3 Å². The molecule has 7 nitrogen and oxygen atoms in total. The maximum Gasteiger partial charge on any atom is 0.261 e. The van der Waals surface area contributed by atoms with Gasteiger partial charge in [0.1, 0.15) is 0 Å². The van der Waals surface area contributed by atoms with Gasteiger partial charge in [0.25, 0.3) is 15.9 Å². The molecule has 0 spiro atoms. The molecule has 0 fully saturated rings. The summed E-state index contributed by atoms with van der Waals surface area (Å²) in [6.07, 6.45) is 1.95. The first-order valence-electron chi connectivity index (χ1n) is 8.92. The van der Waals surface area contributed by atoms with Crippen LogP contribution in [-0.4, -0.2) is 27.4 Å². The van der Waals surface area contributed by atoms with Crippen molar-refractivity contribution in [3.63, 3.8) is 0 Å². The third-order valence-corrected chi connectivity index (χ3v) is 6.46. The molecule has 3 aromatic carbocycles. The van der Waals surface area contributed by atoms with E-state index in [4.69, 9.17) is 9.47 Å². The van der Waals surface area contributed by atoms with E-state index in [2.05, 4.69) is 10.0 Å². The Morgan fingerprint density at radius 2 is 1.73 bits per heavy atom. The number of carbonyl (C=O) groups is 1. The van der Waals surface area contributed by atoms with E-state index in [0.717, 1.165) is 4.90 Å². The molecule has 1 amide bonds. The Labute approximate surface area is 178 Å². The number of hydrogen-bond donors (Lipinski definition) is 2. The summed E-state index contributed by atoms with van der Waals surface area (Å²) in [5, 5.41) is 2.79. The Balaban J connectivity index is 1.53. The third-order valence-electron chi connectivity index (χ3n) is 4.36. The highest BCUT2D eigenvalue weighted by Crippen LogP contribution is 2.34. The van der Waals surface area contributed by atoms with Crippen LogP contribution in [0.25, 0.3) is 0 Å². The Morgan fingerprint density at radius 3 is 2.57 bits per heavy atom. The van der Waals surface area contributed by atoms with Crippen LogP contribution < -0.4 is 19.5 Å². The smallest absolute Gasteiger partial charge is 0.261 e. The minimum atomic E-state index is -3.90. The Kier molecular flexibility index (Phi) is 5.56. The molecule has 9 heteroatoms. The molecule has 154 valence electrons. The van der Waals surface area contributed by atoms with Gasteiger partial charge in [0, 0.05) is 22.2 Å². The van der Waals surface area contributed by atoms with Crippen molar-refractivity contribution in [2.75, 3.05) is 23.1 Å². The van der Waals surface area contributed by atoms with Crippen molar-refractivity contribution < 1.29 is 22.7 Å². The van der Waals surface area contributed by atoms with E-state index in [0.29, 0.717) is 22.9 Å². The third kappa shape index (κ3) is 4.37.